The Bertz CT molecular complexity index is 545. The fraction of sp³-hybridized carbons (Fsp3) is 0.538. The third-order valence-corrected chi connectivity index (χ3v) is 5.31. The van der Waals surface area contributed by atoms with E-state index in [1.807, 2.05) is 6.92 Å². The number of rotatable bonds is 4. The molecule has 1 aromatic rings. The highest BCUT2D eigenvalue weighted by molar-refractivity contribution is 7.87. The van der Waals surface area contributed by atoms with Gasteiger partial charge in [0.1, 0.15) is 5.75 Å². The summed E-state index contributed by atoms with van der Waals surface area (Å²) in [4.78, 5) is 0. The standard InChI is InChI=1S/C13H20N2O3S/c1-10-5-4-8-15(10)19(17,18)14-11(2)12-6-3-7-13(16)9-12/h3,6-7,9-11,14,16H,4-5,8H2,1-2H3/t10?,11-/m1/s1. The Balaban J connectivity index is 2.12. The number of benzene rings is 1. The summed E-state index contributed by atoms with van der Waals surface area (Å²) in [6, 6.07) is 6.31. The molecule has 1 fully saturated rings. The quantitative estimate of drug-likeness (QED) is 0.885. The molecule has 1 aliphatic rings. The smallest absolute Gasteiger partial charge is 0.280 e. The molecule has 106 valence electrons. The molecule has 0 spiro atoms. The molecule has 5 nitrogen and oxygen atoms in total. The monoisotopic (exact) mass is 284 g/mol. The summed E-state index contributed by atoms with van der Waals surface area (Å²) >= 11 is 0. The van der Waals surface area contributed by atoms with Gasteiger partial charge in [0.15, 0.2) is 0 Å². The first-order valence-electron chi connectivity index (χ1n) is 6.48. The average Bonchev–Trinajstić information content (AvgIpc) is 2.75. The lowest BCUT2D eigenvalue weighted by Gasteiger charge is -2.24. The van der Waals surface area contributed by atoms with Crippen LogP contribution in [0.15, 0.2) is 24.3 Å². The molecule has 1 unspecified atom stereocenters. The van der Waals surface area contributed by atoms with Crippen molar-refractivity contribution in [1.82, 2.24) is 9.03 Å². The fourth-order valence-corrected chi connectivity index (χ4v) is 4.08. The SMILES string of the molecule is CC1CCCN1S(=O)(=O)N[C@H](C)c1cccc(O)c1. The highest BCUT2D eigenvalue weighted by Crippen LogP contribution is 2.23. The van der Waals surface area contributed by atoms with Gasteiger partial charge in [-0.2, -0.15) is 17.4 Å². The van der Waals surface area contributed by atoms with Gasteiger partial charge in [0, 0.05) is 18.6 Å². The Hall–Kier alpha value is -1.11. The van der Waals surface area contributed by atoms with Crippen LogP contribution in [0.2, 0.25) is 0 Å². The van der Waals surface area contributed by atoms with Crippen molar-refractivity contribution in [3.05, 3.63) is 29.8 Å². The van der Waals surface area contributed by atoms with Crippen LogP contribution in [-0.4, -0.2) is 30.4 Å². The van der Waals surface area contributed by atoms with Crippen molar-refractivity contribution in [2.24, 2.45) is 0 Å². The molecule has 0 bridgehead atoms. The van der Waals surface area contributed by atoms with Gasteiger partial charge in [0.25, 0.3) is 10.2 Å². The van der Waals surface area contributed by atoms with Crippen LogP contribution < -0.4 is 4.72 Å². The first-order chi connectivity index (χ1) is 8.90. The molecule has 1 aromatic carbocycles. The lowest BCUT2D eigenvalue weighted by Crippen LogP contribution is -2.43. The molecule has 0 aromatic heterocycles. The summed E-state index contributed by atoms with van der Waals surface area (Å²) in [6.07, 6.45) is 1.81. The molecule has 1 heterocycles. The molecule has 2 atom stereocenters. The second kappa shape index (κ2) is 5.48. The largest absolute Gasteiger partial charge is 0.508 e. The van der Waals surface area contributed by atoms with E-state index in [0.717, 1.165) is 18.4 Å². The lowest BCUT2D eigenvalue weighted by molar-refractivity contribution is 0.395. The molecule has 1 saturated heterocycles. The Labute approximate surface area is 114 Å². The van der Waals surface area contributed by atoms with E-state index in [4.69, 9.17) is 0 Å². The van der Waals surface area contributed by atoms with Crippen molar-refractivity contribution in [2.45, 2.75) is 38.8 Å². The van der Waals surface area contributed by atoms with E-state index in [-0.39, 0.29) is 17.8 Å². The van der Waals surface area contributed by atoms with E-state index in [0.29, 0.717) is 6.54 Å². The van der Waals surface area contributed by atoms with Crippen LogP contribution in [0.4, 0.5) is 0 Å². The zero-order valence-electron chi connectivity index (χ0n) is 11.2. The number of phenolic OH excluding ortho intramolecular Hbond substituents is 1. The van der Waals surface area contributed by atoms with E-state index in [1.165, 1.54) is 4.31 Å². The Morgan fingerprint density at radius 2 is 2.21 bits per heavy atom. The number of aromatic hydroxyl groups is 1. The molecule has 6 heteroatoms. The van der Waals surface area contributed by atoms with Gasteiger partial charge in [0.05, 0.1) is 0 Å². The van der Waals surface area contributed by atoms with Crippen LogP contribution >= 0.6 is 0 Å². The van der Waals surface area contributed by atoms with Crippen LogP contribution in [0.3, 0.4) is 0 Å². The zero-order chi connectivity index (χ0) is 14.0. The van der Waals surface area contributed by atoms with Crippen LogP contribution in [0.25, 0.3) is 0 Å². The second-order valence-corrected chi connectivity index (χ2v) is 6.70. The predicted octanol–water partition coefficient (Wildman–Crippen LogP) is 1.77. The van der Waals surface area contributed by atoms with Gasteiger partial charge in [0.2, 0.25) is 0 Å². The number of hydrogen-bond donors (Lipinski definition) is 2. The molecular formula is C13H20N2O3S. The maximum atomic E-state index is 12.3. The summed E-state index contributed by atoms with van der Waals surface area (Å²) in [5, 5.41) is 9.43. The molecule has 0 amide bonds. The van der Waals surface area contributed by atoms with Gasteiger partial charge in [-0.15, -0.1) is 0 Å². The first-order valence-corrected chi connectivity index (χ1v) is 7.92. The second-order valence-electron chi connectivity index (χ2n) is 5.04. The molecule has 0 saturated carbocycles. The van der Waals surface area contributed by atoms with Gasteiger partial charge in [-0.25, -0.2) is 0 Å². The molecule has 19 heavy (non-hydrogen) atoms. The minimum Gasteiger partial charge on any atom is -0.508 e. The van der Waals surface area contributed by atoms with E-state index < -0.39 is 10.2 Å². The summed E-state index contributed by atoms with van der Waals surface area (Å²) in [7, 11) is -3.47. The van der Waals surface area contributed by atoms with Crippen LogP contribution in [0.1, 0.15) is 38.3 Å². The van der Waals surface area contributed by atoms with Crippen molar-refractivity contribution in [2.75, 3.05) is 6.54 Å². The van der Waals surface area contributed by atoms with E-state index in [9.17, 15) is 13.5 Å². The van der Waals surface area contributed by atoms with Crippen molar-refractivity contribution in [3.8, 4) is 5.75 Å². The van der Waals surface area contributed by atoms with Crippen molar-refractivity contribution < 1.29 is 13.5 Å². The third kappa shape index (κ3) is 3.26. The fourth-order valence-electron chi connectivity index (χ4n) is 2.42. The van der Waals surface area contributed by atoms with E-state index in [2.05, 4.69) is 4.72 Å². The van der Waals surface area contributed by atoms with Gasteiger partial charge in [-0.1, -0.05) is 12.1 Å². The van der Waals surface area contributed by atoms with Gasteiger partial charge in [-0.05, 0) is 44.4 Å². The molecular weight excluding hydrogens is 264 g/mol. The Morgan fingerprint density at radius 1 is 1.47 bits per heavy atom. The molecule has 2 rings (SSSR count). The van der Waals surface area contributed by atoms with E-state index >= 15 is 0 Å². The summed E-state index contributed by atoms with van der Waals surface area (Å²) in [5.41, 5.74) is 0.746. The Morgan fingerprint density at radius 3 is 2.79 bits per heavy atom. The third-order valence-electron chi connectivity index (χ3n) is 3.50. The molecule has 0 radical (unpaired) electrons. The zero-order valence-corrected chi connectivity index (χ0v) is 12.0. The molecule has 2 N–H and O–H groups in total. The van der Waals surface area contributed by atoms with Crippen molar-refractivity contribution in [1.29, 1.82) is 0 Å². The highest BCUT2D eigenvalue weighted by Gasteiger charge is 2.32. The highest BCUT2D eigenvalue weighted by atomic mass is 32.2. The number of phenols is 1. The number of hydrogen-bond acceptors (Lipinski definition) is 3. The van der Waals surface area contributed by atoms with Crippen LogP contribution in [0, 0.1) is 0 Å². The van der Waals surface area contributed by atoms with Crippen molar-refractivity contribution in [3.63, 3.8) is 0 Å². The van der Waals surface area contributed by atoms with Crippen LogP contribution in [0.5, 0.6) is 5.75 Å². The summed E-state index contributed by atoms with van der Waals surface area (Å²) in [5.74, 6) is 0.137. The maximum absolute atomic E-state index is 12.3. The molecule has 0 aliphatic carbocycles. The van der Waals surface area contributed by atoms with Gasteiger partial charge in [-0.3, -0.25) is 0 Å². The van der Waals surface area contributed by atoms with Gasteiger partial charge < -0.3 is 5.11 Å². The molecule has 1 aliphatic heterocycles. The number of nitrogens with zero attached hydrogens (tertiary/aromatic N) is 1. The number of nitrogens with one attached hydrogen (secondary N) is 1. The minimum atomic E-state index is -3.47. The predicted molar refractivity (Wildman–Crippen MR) is 74.0 cm³/mol. The first kappa shape index (κ1) is 14.3. The maximum Gasteiger partial charge on any atom is 0.280 e. The summed E-state index contributed by atoms with van der Waals surface area (Å²) < 4.78 is 28.7. The van der Waals surface area contributed by atoms with E-state index in [1.54, 1.807) is 31.2 Å². The lowest BCUT2D eigenvalue weighted by atomic mass is 10.1. The minimum absolute atomic E-state index is 0.0499. The normalized spacial score (nSPS) is 22.5. The van der Waals surface area contributed by atoms with Gasteiger partial charge >= 0.3 is 0 Å². The van der Waals surface area contributed by atoms with Crippen LogP contribution in [-0.2, 0) is 10.2 Å². The summed E-state index contributed by atoms with van der Waals surface area (Å²) in [6.45, 7) is 4.27. The average molecular weight is 284 g/mol. The topological polar surface area (TPSA) is 69.6 Å². The Kier molecular flexibility index (Phi) is 4.13. The van der Waals surface area contributed by atoms with Crippen molar-refractivity contribution >= 4 is 10.2 Å².